The second-order valence-electron chi connectivity index (χ2n) is 15.3. The van der Waals surface area contributed by atoms with E-state index in [1.165, 1.54) is 22.7 Å². The predicted octanol–water partition coefficient (Wildman–Crippen LogP) is 6.72. The van der Waals surface area contributed by atoms with Crippen molar-refractivity contribution in [3.8, 4) is 0 Å². The molecule has 16 heteroatoms. The van der Waals surface area contributed by atoms with E-state index in [1.54, 1.807) is 46.2 Å². The monoisotopic (exact) mass is 821 g/mol. The van der Waals surface area contributed by atoms with Crippen molar-refractivity contribution in [2.75, 3.05) is 0 Å². The summed E-state index contributed by atoms with van der Waals surface area (Å²) < 4.78 is 10.8. The van der Waals surface area contributed by atoms with E-state index < -0.39 is 54.0 Å². The van der Waals surface area contributed by atoms with Gasteiger partial charge >= 0.3 is 18.2 Å². The molecule has 0 radical (unpaired) electrons. The Morgan fingerprint density at radius 3 is 2.07 bits per heavy atom. The second kappa shape index (κ2) is 21.5. The van der Waals surface area contributed by atoms with Crippen LogP contribution in [-0.2, 0) is 40.3 Å². The van der Waals surface area contributed by atoms with Crippen LogP contribution >= 0.6 is 22.7 Å². The fourth-order valence-electron chi connectivity index (χ4n) is 5.78. The Morgan fingerprint density at radius 2 is 1.51 bits per heavy atom. The van der Waals surface area contributed by atoms with Crippen LogP contribution in [0.4, 0.5) is 14.4 Å². The molecule has 4 aromatic rings. The lowest BCUT2D eigenvalue weighted by molar-refractivity contribution is -0.124. The van der Waals surface area contributed by atoms with E-state index in [1.807, 2.05) is 79.9 Å². The molecule has 2 aromatic heterocycles. The maximum absolute atomic E-state index is 14.2. The number of nitrogens with zero attached hydrogens (tertiary/aromatic N) is 3. The number of rotatable bonds is 17. The number of carbonyl (C=O) groups excluding carboxylic acids is 4. The Labute approximate surface area is 342 Å². The van der Waals surface area contributed by atoms with E-state index in [9.17, 15) is 24.3 Å². The van der Waals surface area contributed by atoms with Crippen LogP contribution in [0.25, 0.3) is 0 Å². The van der Waals surface area contributed by atoms with Crippen LogP contribution in [0.1, 0.15) is 87.6 Å². The third-order valence-electron chi connectivity index (χ3n) is 8.56. The van der Waals surface area contributed by atoms with Gasteiger partial charge in [-0.2, -0.15) is 0 Å². The average Bonchev–Trinajstić information content (AvgIpc) is 3.85. The number of hydrogen-bond donors (Lipinski definition) is 5. The molecule has 4 rings (SSSR count). The number of nitrogens with one attached hydrogen (secondary N) is 4. The van der Waals surface area contributed by atoms with Crippen molar-refractivity contribution in [1.82, 2.24) is 36.4 Å². The van der Waals surface area contributed by atoms with E-state index in [2.05, 4.69) is 31.3 Å². The molecular formula is C41H55N7O7S2. The number of alkyl carbamates (subject to hydrolysis) is 1. The molecule has 0 saturated heterocycles. The van der Waals surface area contributed by atoms with E-state index in [0.29, 0.717) is 23.5 Å². The first-order valence-electron chi connectivity index (χ1n) is 19.0. The fraction of sp³-hybridized carbons (Fsp3) is 0.463. The molecular weight excluding hydrogens is 767 g/mol. The van der Waals surface area contributed by atoms with Crippen molar-refractivity contribution in [2.24, 2.45) is 5.92 Å². The molecule has 0 aliphatic carbocycles. The molecule has 0 spiro atoms. The largest absolute Gasteiger partial charge is 0.443 e. The zero-order chi connectivity index (χ0) is 41.5. The number of benzene rings is 2. The van der Waals surface area contributed by atoms with Gasteiger partial charge in [0.25, 0.3) is 0 Å². The van der Waals surface area contributed by atoms with Crippen molar-refractivity contribution >= 4 is 46.8 Å². The number of aromatic nitrogens is 2. The molecule has 308 valence electrons. The number of hydrogen-bond acceptors (Lipinski definition) is 11. The first-order valence-corrected chi connectivity index (χ1v) is 20.7. The van der Waals surface area contributed by atoms with E-state index in [4.69, 9.17) is 9.47 Å². The number of carbonyl (C=O) groups is 4. The van der Waals surface area contributed by atoms with Gasteiger partial charge in [-0.1, -0.05) is 88.4 Å². The summed E-state index contributed by atoms with van der Waals surface area (Å²) >= 11 is 2.81. The van der Waals surface area contributed by atoms with Gasteiger partial charge in [0, 0.05) is 28.9 Å². The van der Waals surface area contributed by atoms with Gasteiger partial charge in [-0.3, -0.25) is 4.79 Å². The summed E-state index contributed by atoms with van der Waals surface area (Å²) in [4.78, 5) is 62.7. The highest BCUT2D eigenvalue weighted by molar-refractivity contribution is 7.09. The minimum Gasteiger partial charge on any atom is -0.443 e. The Hall–Kier alpha value is -5.06. The number of urea groups is 1. The predicted molar refractivity (Wildman–Crippen MR) is 220 cm³/mol. The smallest absolute Gasteiger partial charge is 0.426 e. The minimum absolute atomic E-state index is 0.0138. The SMILES string of the molecule is CC(C)c1nc(CN(NC(=O)OC(C)(C)C)C(=O)N[C@H](C(=O)N[C@@H](Cc2ccccc2)C[C@H](O)[C@H](Cc2ccccc2)NC(=O)OCc2nccs2)C(C)C)cs1. The van der Waals surface area contributed by atoms with Crippen molar-refractivity contribution in [3.63, 3.8) is 0 Å². The number of aliphatic hydroxyl groups excluding tert-OH is 1. The number of hydrazine groups is 1. The molecule has 2 heterocycles. The molecule has 2 aromatic carbocycles. The minimum atomic E-state index is -1.12. The highest BCUT2D eigenvalue weighted by Crippen LogP contribution is 2.21. The summed E-state index contributed by atoms with van der Waals surface area (Å²) in [6.07, 6.45) is -0.350. The zero-order valence-corrected chi connectivity index (χ0v) is 35.2. The quantitative estimate of drug-likeness (QED) is 0.0723. The second-order valence-corrected chi connectivity index (χ2v) is 17.2. The molecule has 0 saturated carbocycles. The van der Waals surface area contributed by atoms with Gasteiger partial charge in [0.05, 0.1) is 29.4 Å². The third-order valence-corrected chi connectivity index (χ3v) is 10.5. The Balaban J connectivity index is 1.53. The maximum atomic E-state index is 14.2. The highest BCUT2D eigenvalue weighted by Gasteiger charge is 2.32. The van der Waals surface area contributed by atoms with E-state index in [0.717, 1.165) is 21.1 Å². The van der Waals surface area contributed by atoms with Gasteiger partial charge < -0.3 is 30.5 Å². The standard InChI is InChI=1S/C41H55N7O7S2/c1-26(2)35(46-38(51)48(47-40(53)55-41(5,6)7)23-31-25-57-37(44-31)27(3)4)36(50)43-30(20-28-14-10-8-11-15-28)22-33(49)32(21-29-16-12-9-13-17-29)45-39(52)54-24-34-42-18-19-56-34/h8-19,25-27,30,32-33,35,49H,20-24H2,1-7H3,(H,43,50)(H,45,52)(H,46,51)(H,47,53)/t30-,32-,33-,35-/m0/s1. The third kappa shape index (κ3) is 15.4. The van der Waals surface area contributed by atoms with Gasteiger partial charge in [-0.25, -0.2) is 34.8 Å². The van der Waals surface area contributed by atoms with Gasteiger partial charge in [0.2, 0.25) is 5.91 Å². The number of ether oxygens (including phenoxy) is 2. The van der Waals surface area contributed by atoms with Crippen molar-refractivity contribution in [1.29, 1.82) is 0 Å². The van der Waals surface area contributed by atoms with Crippen molar-refractivity contribution in [3.05, 3.63) is 104 Å². The van der Waals surface area contributed by atoms with E-state index in [-0.39, 0.29) is 31.4 Å². The zero-order valence-electron chi connectivity index (χ0n) is 33.6. The fourth-order valence-corrected chi connectivity index (χ4v) is 7.13. The Morgan fingerprint density at radius 1 is 0.860 bits per heavy atom. The lowest BCUT2D eigenvalue weighted by Gasteiger charge is -2.31. The molecule has 0 unspecified atom stereocenters. The highest BCUT2D eigenvalue weighted by atomic mass is 32.1. The van der Waals surface area contributed by atoms with Crippen LogP contribution in [0.5, 0.6) is 0 Å². The summed E-state index contributed by atoms with van der Waals surface area (Å²) in [5.74, 6) is -0.699. The molecule has 0 bridgehead atoms. The van der Waals surface area contributed by atoms with Gasteiger partial charge in [-0.05, 0) is 57.1 Å². The topological polar surface area (TPSA) is 184 Å². The first-order chi connectivity index (χ1) is 27.1. The van der Waals surface area contributed by atoms with E-state index >= 15 is 0 Å². The summed E-state index contributed by atoms with van der Waals surface area (Å²) in [5.41, 5.74) is 4.05. The Kier molecular flexibility index (Phi) is 16.8. The summed E-state index contributed by atoms with van der Waals surface area (Å²) in [5, 5.41) is 26.6. The summed E-state index contributed by atoms with van der Waals surface area (Å²) in [7, 11) is 0. The lowest BCUT2D eigenvalue weighted by atomic mass is 9.93. The molecule has 14 nitrogen and oxygen atoms in total. The molecule has 0 fully saturated rings. The molecule has 4 atom stereocenters. The van der Waals surface area contributed by atoms with Crippen LogP contribution in [-0.4, -0.2) is 74.0 Å². The van der Waals surface area contributed by atoms with Crippen molar-refractivity contribution < 1.29 is 33.8 Å². The van der Waals surface area contributed by atoms with Crippen LogP contribution in [0.15, 0.2) is 77.6 Å². The van der Waals surface area contributed by atoms with Gasteiger partial charge in [0.15, 0.2) is 0 Å². The maximum Gasteiger partial charge on any atom is 0.426 e. The van der Waals surface area contributed by atoms with Crippen LogP contribution in [0.2, 0.25) is 0 Å². The van der Waals surface area contributed by atoms with Crippen LogP contribution in [0, 0.1) is 5.92 Å². The van der Waals surface area contributed by atoms with Crippen molar-refractivity contribution in [2.45, 2.75) is 117 Å². The molecule has 0 aliphatic rings. The van der Waals surface area contributed by atoms with Crippen LogP contribution in [0.3, 0.4) is 0 Å². The van der Waals surface area contributed by atoms with Crippen LogP contribution < -0.4 is 21.4 Å². The average molecular weight is 822 g/mol. The molecule has 5 amide bonds. The summed E-state index contributed by atoms with van der Waals surface area (Å²) in [6, 6.07) is 15.8. The summed E-state index contributed by atoms with van der Waals surface area (Å²) in [6.45, 7) is 12.7. The Bertz CT molecular complexity index is 1850. The first kappa shape index (κ1) is 44.7. The normalized spacial score (nSPS) is 13.6. The van der Waals surface area contributed by atoms with Gasteiger partial charge in [-0.15, -0.1) is 22.7 Å². The molecule has 0 aliphatic heterocycles. The molecule has 5 N–H and O–H groups in total. The number of thiazole rings is 2. The number of amides is 5. The van der Waals surface area contributed by atoms with Gasteiger partial charge in [0.1, 0.15) is 23.3 Å². The molecule has 57 heavy (non-hydrogen) atoms. The number of aliphatic hydroxyl groups is 1. The lowest BCUT2D eigenvalue weighted by Crippen LogP contribution is -2.58.